The molecular formula is C15H16F2N3O2. The van der Waals surface area contributed by atoms with Gasteiger partial charge >= 0.3 is 12.1 Å². The van der Waals surface area contributed by atoms with Gasteiger partial charge in [0.1, 0.15) is 0 Å². The highest BCUT2D eigenvalue weighted by Gasteiger charge is 2.33. The Hall–Kier alpha value is -2.44. The molecule has 1 aliphatic rings. The van der Waals surface area contributed by atoms with E-state index in [0.29, 0.717) is 24.2 Å². The first-order valence-electron chi connectivity index (χ1n) is 6.74. The van der Waals surface area contributed by atoms with Crippen LogP contribution in [0.2, 0.25) is 0 Å². The monoisotopic (exact) mass is 308 g/mol. The first-order chi connectivity index (χ1) is 10.4. The summed E-state index contributed by atoms with van der Waals surface area (Å²) in [6, 6.07) is 1.22. The molecule has 5 nitrogen and oxygen atoms in total. The molecule has 2 N–H and O–H groups in total. The second-order valence-corrected chi connectivity index (χ2v) is 4.85. The molecule has 1 heterocycles. The van der Waals surface area contributed by atoms with Gasteiger partial charge in [-0.1, -0.05) is 13.0 Å². The third-order valence-corrected chi connectivity index (χ3v) is 3.17. The summed E-state index contributed by atoms with van der Waals surface area (Å²) in [6.07, 6.45) is 2.06. The molecule has 1 aromatic rings. The number of halogens is 2. The summed E-state index contributed by atoms with van der Waals surface area (Å²) in [4.78, 5) is 25.1. The Kier molecular flexibility index (Phi) is 4.75. The van der Waals surface area contributed by atoms with Gasteiger partial charge < -0.3 is 10.6 Å². The van der Waals surface area contributed by atoms with Crippen LogP contribution >= 0.6 is 0 Å². The summed E-state index contributed by atoms with van der Waals surface area (Å²) in [5, 5.41) is 5.06. The predicted molar refractivity (Wildman–Crippen MR) is 76.6 cm³/mol. The van der Waals surface area contributed by atoms with Crippen LogP contribution in [-0.2, 0) is 0 Å². The molecule has 0 aliphatic carbocycles. The first-order valence-corrected chi connectivity index (χ1v) is 6.74. The predicted octanol–water partition coefficient (Wildman–Crippen LogP) is 2.87. The lowest BCUT2D eigenvalue weighted by Gasteiger charge is -2.32. The normalized spacial score (nSPS) is 17.8. The second-order valence-electron chi connectivity index (χ2n) is 4.85. The second kappa shape index (κ2) is 6.55. The van der Waals surface area contributed by atoms with Crippen molar-refractivity contribution < 1.29 is 18.4 Å². The average molecular weight is 308 g/mol. The van der Waals surface area contributed by atoms with E-state index in [1.54, 1.807) is 13.0 Å². The third kappa shape index (κ3) is 3.24. The van der Waals surface area contributed by atoms with Crippen molar-refractivity contribution in [3.05, 3.63) is 54.1 Å². The Morgan fingerprint density at radius 2 is 2.14 bits per heavy atom. The lowest BCUT2D eigenvalue weighted by molar-refractivity contribution is 0.175. The van der Waals surface area contributed by atoms with Gasteiger partial charge in [0.15, 0.2) is 11.6 Å². The number of rotatable bonds is 3. The lowest BCUT2D eigenvalue weighted by Crippen LogP contribution is -2.52. The minimum Gasteiger partial charge on any atom is -0.338 e. The fourth-order valence-corrected chi connectivity index (χ4v) is 2.15. The topological polar surface area (TPSA) is 61.4 Å². The van der Waals surface area contributed by atoms with Crippen LogP contribution in [0.1, 0.15) is 24.9 Å². The molecule has 0 saturated heterocycles. The quantitative estimate of drug-likeness (QED) is 0.902. The van der Waals surface area contributed by atoms with Gasteiger partial charge in [0.2, 0.25) is 0 Å². The molecule has 4 amide bonds. The molecule has 0 aromatic heterocycles. The van der Waals surface area contributed by atoms with E-state index in [9.17, 15) is 18.4 Å². The first kappa shape index (κ1) is 15.9. The van der Waals surface area contributed by atoms with Crippen molar-refractivity contribution in [1.29, 1.82) is 0 Å². The van der Waals surface area contributed by atoms with Crippen LogP contribution in [0.3, 0.4) is 0 Å². The van der Waals surface area contributed by atoms with Crippen LogP contribution in [0.5, 0.6) is 0 Å². The molecule has 1 unspecified atom stereocenters. The number of urea groups is 2. The SMILES string of the molecule is [CH2]CCNC(=O)N1C(=O)NC(C)=CC1c1ccc(F)c(F)c1. The number of carbonyl (C=O) groups is 2. The standard InChI is InChI=1S/C15H16F2N3O2/c1-3-6-18-14(21)20-13(7-9(2)19-15(20)22)10-4-5-11(16)12(17)8-10/h4-5,7-8,13H,1,3,6H2,2H3,(H,18,21)(H,19,22). The molecule has 117 valence electrons. The molecule has 22 heavy (non-hydrogen) atoms. The van der Waals surface area contributed by atoms with E-state index in [1.807, 2.05) is 0 Å². The van der Waals surface area contributed by atoms with Gasteiger partial charge in [-0.25, -0.2) is 23.3 Å². The van der Waals surface area contributed by atoms with E-state index in [1.165, 1.54) is 6.07 Å². The molecule has 1 radical (unpaired) electrons. The van der Waals surface area contributed by atoms with Crippen LogP contribution in [0.15, 0.2) is 30.0 Å². The summed E-state index contributed by atoms with van der Waals surface area (Å²) in [6.45, 7) is 5.55. The molecule has 0 spiro atoms. The van der Waals surface area contributed by atoms with Crippen LogP contribution < -0.4 is 10.6 Å². The van der Waals surface area contributed by atoms with Gasteiger partial charge in [-0.3, -0.25) is 0 Å². The van der Waals surface area contributed by atoms with E-state index in [4.69, 9.17) is 0 Å². The van der Waals surface area contributed by atoms with Gasteiger partial charge in [0.05, 0.1) is 6.04 Å². The Morgan fingerprint density at radius 3 is 2.77 bits per heavy atom. The number of carbonyl (C=O) groups excluding carboxylic acids is 2. The van der Waals surface area contributed by atoms with Gasteiger partial charge in [-0.2, -0.15) is 0 Å². The number of amides is 4. The van der Waals surface area contributed by atoms with E-state index in [0.717, 1.165) is 17.0 Å². The minimum atomic E-state index is -1.03. The Balaban J connectivity index is 2.38. The molecular weight excluding hydrogens is 292 g/mol. The summed E-state index contributed by atoms with van der Waals surface area (Å²) < 4.78 is 26.5. The van der Waals surface area contributed by atoms with Crippen LogP contribution in [0, 0.1) is 18.6 Å². The van der Waals surface area contributed by atoms with Crippen LogP contribution in [0.25, 0.3) is 0 Å². The van der Waals surface area contributed by atoms with Crippen molar-refractivity contribution in [3.8, 4) is 0 Å². The molecule has 1 atom stereocenters. The largest absolute Gasteiger partial charge is 0.338 e. The summed E-state index contributed by atoms with van der Waals surface area (Å²) in [7, 11) is 0. The van der Waals surface area contributed by atoms with Crippen molar-refractivity contribution in [3.63, 3.8) is 0 Å². The van der Waals surface area contributed by atoms with Crippen molar-refractivity contribution in [2.24, 2.45) is 0 Å². The number of nitrogens with one attached hydrogen (secondary N) is 2. The highest BCUT2D eigenvalue weighted by Crippen LogP contribution is 2.27. The smallest absolute Gasteiger partial charge is 0.330 e. The molecule has 1 aliphatic heterocycles. The number of allylic oxidation sites excluding steroid dienone is 1. The fraction of sp³-hybridized carbons (Fsp3) is 0.267. The maximum atomic E-state index is 13.4. The van der Waals surface area contributed by atoms with E-state index >= 15 is 0 Å². The van der Waals surface area contributed by atoms with Gasteiger partial charge in [0, 0.05) is 12.2 Å². The highest BCUT2D eigenvalue weighted by atomic mass is 19.2. The number of benzene rings is 1. The minimum absolute atomic E-state index is 0.301. The number of imide groups is 1. The average Bonchev–Trinajstić information content (AvgIpc) is 2.46. The van der Waals surface area contributed by atoms with Crippen molar-refractivity contribution >= 4 is 12.1 Å². The molecule has 0 bridgehead atoms. The zero-order valence-electron chi connectivity index (χ0n) is 12.0. The molecule has 7 heteroatoms. The maximum absolute atomic E-state index is 13.4. The van der Waals surface area contributed by atoms with Gasteiger partial charge in [0.25, 0.3) is 0 Å². The van der Waals surface area contributed by atoms with Crippen molar-refractivity contribution in [1.82, 2.24) is 15.5 Å². The summed E-state index contributed by atoms with van der Waals surface area (Å²) in [5.74, 6) is -2.02. The van der Waals surface area contributed by atoms with Gasteiger partial charge in [-0.05, 0) is 37.1 Å². The highest BCUT2D eigenvalue weighted by molar-refractivity contribution is 5.95. The van der Waals surface area contributed by atoms with Crippen molar-refractivity contribution in [2.75, 3.05) is 6.54 Å². The summed E-state index contributed by atoms with van der Waals surface area (Å²) in [5.41, 5.74) is 0.832. The molecule has 0 saturated carbocycles. The van der Waals surface area contributed by atoms with Crippen molar-refractivity contribution in [2.45, 2.75) is 19.4 Å². The lowest BCUT2D eigenvalue weighted by atomic mass is 10.0. The number of nitrogens with zero attached hydrogens (tertiary/aromatic N) is 1. The van der Waals surface area contributed by atoms with Crippen LogP contribution in [-0.4, -0.2) is 23.5 Å². The van der Waals surface area contributed by atoms with Crippen LogP contribution in [0.4, 0.5) is 18.4 Å². The molecule has 2 rings (SSSR count). The van der Waals surface area contributed by atoms with E-state index < -0.39 is 29.7 Å². The summed E-state index contributed by atoms with van der Waals surface area (Å²) >= 11 is 0. The zero-order valence-corrected chi connectivity index (χ0v) is 12.0. The van der Waals surface area contributed by atoms with E-state index in [2.05, 4.69) is 17.6 Å². The Morgan fingerprint density at radius 1 is 1.41 bits per heavy atom. The Labute approximate surface area is 127 Å². The fourth-order valence-electron chi connectivity index (χ4n) is 2.15. The number of hydrogen-bond acceptors (Lipinski definition) is 2. The zero-order chi connectivity index (χ0) is 16.3. The maximum Gasteiger partial charge on any atom is 0.330 e. The Bertz CT molecular complexity index is 631. The molecule has 1 aromatic carbocycles. The van der Waals surface area contributed by atoms with E-state index in [-0.39, 0.29) is 0 Å². The third-order valence-electron chi connectivity index (χ3n) is 3.17. The molecule has 0 fully saturated rings. The number of hydrogen-bond donors (Lipinski definition) is 2. The van der Waals surface area contributed by atoms with Gasteiger partial charge in [-0.15, -0.1) is 0 Å².